The largest absolute Gasteiger partial charge is 0.335 e. The number of carbonyl (C=O) groups excluding carboxylic acids is 3. The number of urea groups is 1. The summed E-state index contributed by atoms with van der Waals surface area (Å²) in [5.41, 5.74) is 1.09. The summed E-state index contributed by atoms with van der Waals surface area (Å²) in [6.07, 6.45) is 4.00. The number of carbonyl (C=O) groups is 3. The minimum Gasteiger partial charge on any atom is -0.335 e. The highest BCUT2D eigenvalue weighted by atomic mass is 16.2. The third-order valence-corrected chi connectivity index (χ3v) is 5.95. The van der Waals surface area contributed by atoms with Crippen molar-refractivity contribution in [1.29, 1.82) is 0 Å². The van der Waals surface area contributed by atoms with Crippen LogP contribution in [-0.2, 0) is 4.79 Å². The van der Waals surface area contributed by atoms with Gasteiger partial charge in [0.05, 0.1) is 11.3 Å². The number of rotatable bonds is 3. The molecule has 0 saturated carbocycles. The van der Waals surface area contributed by atoms with Gasteiger partial charge in [-0.1, -0.05) is 18.6 Å². The van der Waals surface area contributed by atoms with Crippen molar-refractivity contribution in [2.75, 3.05) is 31.1 Å². The van der Waals surface area contributed by atoms with E-state index in [1.54, 1.807) is 12.1 Å². The third-order valence-electron chi connectivity index (χ3n) is 5.95. The maximum Gasteiger partial charge on any atom is 0.328 e. The first-order valence-corrected chi connectivity index (χ1v) is 9.80. The van der Waals surface area contributed by atoms with Crippen LogP contribution in [0.4, 0.5) is 10.5 Å². The Hall–Kier alpha value is -2.41. The number of imide groups is 1. The summed E-state index contributed by atoms with van der Waals surface area (Å²) in [6.45, 7) is 5.16. The van der Waals surface area contributed by atoms with Gasteiger partial charge in [0.1, 0.15) is 0 Å². The minimum absolute atomic E-state index is 0.0452. The monoisotopic (exact) mass is 370 g/mol. The van der Waals surface area contributed by atoms with E-state index in [0.717, 1.165) is 19.6 Å². The molecule has 0 spiro atoms. The molecule has 0 radical (unpaired) electrons. The Morgan fingerprint density at radius 3 is 2.63 bits per heavy atom. The number of piperidine rings is 1. The lowest BCUT2D eigenvalue weighted by atomic mass is 9.96. The van der Waals surface area contributed by atoms with Gasteiger partial charge >= 0.3 is 6.03 Å². The average Bonchev–Trinajstić information content (AvgIpc) is 2.62. The molecule has 3 saturated heterocycles. The van der Waals surface area contributed by atoms with E-state index in [9.17, 15) is 14.4 Å². The number of para-hydroxylation sites is 1. The summed E-state index contributed by atoms with van der Waals surface area (Å²) in [7, 11) is 0. The molecule has 4 amide bonds. The Balaban J connectivity index is 1.46. The number of anilines is 1. The van der Waals surface area contributed by atoms with E-state index in [0.29, 0.717) is 29.9 Å². The topological polar surface area (TPSA) is 73.0 Å². The van der Waals surface area contributed by atoms with Gasteiger partial charge in [0.2, 0.25) is 5.91 Å². The lowest BCUT2D eigenvalue weighted by Gasteiger charge is -2.49. The lowest BCUT2D eigenvalue weighted by Crippen LogP contribution is -2.63. The standard InChI is InChI=1S/C20H26N4O3/c1-14-6-4-5-10-23(14)15-12-22(13-15)19(26)16-7-2-3-8-17(16)24-11-9-18(25)21-20(24)27/h2-3,7-8,14-15H,4-6,9-13H2,1H3,(H,21,25,27)/t14-/m1/s1. The van der Waals surface area contributed by atoms with Crippen molar-refractivity contribution < 1.29 is 14.4 Å². The molecule has 1 aromatic carbocycles. The highest BCUT2D eigenvalue weighted by Crippen LogP contribution is 2.28. The van der Waals surface area contributed by atoms with E-state index in [2.05, 4.69) is 17.1 Å². The Kier molecular flexibility index (Phi) is 4.86. The first-order valence-electron chi connectivity index (χ1n) is 9.80. The smallest absolute Gasteiger partial charge is 0.328 e. The fourth-order valence-electron chi connectivity index (χ4n) is 4.35. The van der Waals surface area contributed by atoms with Gasteiger partial charge in [-0.25, -0.2) is 4.79 Å². The molecular weight excluding hydrogens is 344 g/mol. The van der Waals surface area contributed by atoms with Gasteiger partial charge in [-0.15, -0.1) is 0 Å². The van der Waals surface area contributed by atoms with Crippen LogP contribution in [0.25, 0.3) is 0 Å². The van der Waals surface area contributed by atoms with E-state index < -0.39 is 6.03 Å². The molecule has 3 aliphatic rings. The van der Waals surface area contributed by atoms with Gasteiger partial charge in [-0.2, -0.15) is 0 Å². The SMILES string of the molecule is C[C@@H]1CCCCN1C1CN(C(=O)c2ccccc2N2CCC(=O)NC2=O)C1. The first kappa shape index (κ1) is 18.0. The minimum atomic E-state index is -0.463. The van der Waals surface area contributed by atoms with Crippen LogP contribution < -0.4 is 10.2 Å². The van der Waals surface area contributed by atoms with Crippen LogP contribution in [0, 0.1) is 0 Å². The second kappa shape index (κ2) is 7.31. The van der Waals surface area contributed by atoms with Crippen LogP contribution in [-0.4, -0.2) is 65.9 Å². The van der Waals surface area contributed by atoms with Crippen LogP contribution >= 0.6 is 0 Å². The molecule has 0 unspecified atom stereocenters. The van der Waals surface area contributed by atoms with Crippen molar-refractivity contribution in [1.82, 2.24) is 15.1 Å². The molecule has 7 nitrogen and oxygen atoms in total. The number of hydrogen-bond donors (Lipinski definition) is 1. The Morgan fingerprint density at radius 1 is 1.11 bits per heavy atom. The quantitative estimate of drug-likeness (QED) is 0.881. The predicted octanol–water partition coefficient (Wildman–Crippen LogP) is 1.83. The first-order chi connectivity index (χ1) is 13.0. The van der Waals surface area contributed by atoms with Crippen LogP contribution in [0.2, 0.25) is 0 Å². The summed E-state index contributed by atoms with van der Waals surface area (Å²) in [4.78, 5) is 42.5. The summed E-state index contributed by atoms with van der Waals surface area (Å²) < 4.78 is 0. The molecule has 3 fully saturated rings. The fourth-order valence-corrected chi connectivity index (χ4v) is 4.35. The summed E-state index contributed by atoms with van der Waals surface area (Å²) in [5, 5.41) is 2.32. The van der Waals surface area contributed by atoms with Gasteiger partial charge in [-0.3, -0.25) is 24.7 Å². The Labute approximate surface area is 159 Å². The van der Waals surface area contributed by atoms with E-state index >= 15 is 0 Å². The van der Waals surface area contributed by atoms with Gasteiger partial charge < -0.3 is 4.90 Å². The van der Waals surface area contributed by atoms with Gasteiger partial charge in [0, 0.05) is 38.1 Å². The molecular formula is C20H26N4O3. The van der Waals surface area contributed by atoms with E-state index in [1.165, 1.54) is 24.2 Å². The second-order valence-electron chi connectivity index (χ2n) is 7.72. The highest BCUT2D eigenvalue weighted by molar-refractivity contribution is 6.09. The molecule has 144 valence electrons. The molecule has 1 aromatic rings. The molecule has 0 aliphatic carbocycles. The summed E-state index contributed by atoms with van der Waals surface area (Å²) >= 11 is 0. The normalized spacial score (nSPS) is 24.6. The zero-order valence-electron chi connectivity index (χ0n) is 15.7. The van der Waals surface area contributed by atoms with Crippen LogP contribution in [0.15, 0.2) is 24.3 Å². The molecule has 3 aliphatic heterocycles. The number of nitrogens with zero attached hydrogens (tertiary/aromatic N) is 3. The lowest BCUT2D eigenvalue weighted by molar-refractivity contribution is -0.120. The number of nitrogens with one attached hydrogen (secondary N) is 1. The average molecular weight is 370 g/mol. The van der Waals surface area contributed by atoms with Crippen molar-refractivity contribution in [2.24, 2.45) is 0 Å². The van der Waals surface area contributed by atoms with Crippen molar-refractivity contribution >= 4 is 23.5 Å². The van der Waals surface area contributed by atoms with E-state index in [-0.39, 0.29) is 18.2 Å². The molecule has 1 atom stereocenters. The maximum atomic E-state index is 13.1. The Morgan fingerprint density at radius 2 is 1.89 bits per heavy atom. The number of hydrogen-bond acceptors (Lipinski definition) is 4. The molecule has 0 aromatic heterocycles. The number of amides is 4. The van der Waals surface area contributed by atoms with Crippen molar-refractivity contribution in [3.05, 3.63) is 29.8 Å². The molecule has 1 N–H and O–H groups in total. The fraction of sp³-hybridized carbons (Fsp3) is 0.550. The van der Waals surface area contributed by atoms with Crippen molar-refractivity contribution in [2.45, 2.75) is 44.7 Å². The predicted molar refractivity (Wildman–Crippen MR) is 102 cm³/mol. The van der Waals surface area contributed by atoms with Crippen LogP contribution in [0.3, 0.4) is 0 Å². The molecule has 7 heteroatoms. The highest BCUT2D eigenvalue weighted by Gasteiger charge is 2.39. The van der Waals surface area contributed by atoms with Gasteiger partial charge in [0.15, 0.2) is 0 Å². The molecule has 0 bridgehead atoms. The number of likely N-dealkylation sites (tertiary alicyclic amines) is 2. The summed E-state index contributed by atoms with van der Waals surface area (Å²) in [6, 6.07) is 7.72. The van der Waals surface area contributed by atoms with E-state index in [4.69, 9.17) is 0 Å². The van der Waals surface area contributed by atoms with Crippen LogP contribution in [0.1, 0.15) is 43.0 Å². The molecule has 27 heavy (non-hydrogen) atoms. The third kappa shape index (κ3) is 3.43. The number of benzene rings is 1. The molecule has 4 rings (SSSR count). The maximum absolute atomic E-state index is 13.1. The van der Waals surface area contributed by atoms with Crippen molar-refractivity contribution in [3.63, 3.8) is 0 Å². The van der Waals surface area contributed by atoms with Crippen LogP contribution in [0.5, 0.6) is 0 Å². The molecule has 3 heterocycles. The second-order valence-corrected chi connectivity index (χ2v) is 7.72. The van der Waals surface area contributed by atoms with Crippen molar-refractivity contribution in [3.8, 4) is 0 Å². The van der Waals surface area contributed by atoms with E-state index in [1.807, 2.05) is 17.0 Å². The zero-order valence-corrected chi connectivity index (χ0v) is 15.7. The van der Waals surface area contributed by atoms with Gasteiger partial charge in [0.25, 0.3) is 5.91 Å². The zero-order chi connectivity index (χ0) is 19.0. The Bertz CT molecular complexity index is 759. The van der Waals surface area contributed by atoms with Gasteiger partial charge in [-0.05, 0) is 38.4 Å². The summed E-state index contributed by atoms with van der Waals surface area (Å²) in [5.74, 6) is -0.322.